The van der Waals surface area contributed by atoms with Crippen molar-refractivity contribution >= 4 is 47.4 Å². The summed E-state index contributed by atoms with van der Waals surface area (Å²) in [5.41, 5.74) is 3.79. The Labute approximate surface area is 213 Å². The van der Waals surface area contributed by atoms with Gasteiger partial charge in [0.2, 0.25) is 5.91 Å². The lowest BCUT2D eigenvalue weighted by atomic mass is 10.1. The fourth-order valence-electron chi connectivity index (χ4n) is 3.49. The summed E-state index contributed by atoms with van der Waals surface area (Å²) >= 11 is 0. The van der Waals surface area contributed by atoms with Crippen molar-refractivity contribution in [3.05, 3.63) is 65.2 Å². The zero-order valence-electron chi connectivity index (χ0n) is 19.6. The molecule has 8 heteroatoms. The van der Waals surface area contributed by atoms with Gasteiger partial charge in [0.1, 0.15) is 0 Å². The van der Waals surface area contributed by atoms with Crippen LogP contribution in [-0.4, -0.2) is 37.4 Å². The number of carbonyl (C=O) groups is 2. The molecule has 7 nitrogen and oxygen atoms in total. The zero-order chi connectivity index (χ0) is 22.9. The maximum atomic E-state index is 12.2. The molecule has 1 aliphatic rings. The van der Waals surface area contributed by atoms with E-state index >= 15 is 0 Å². The van der Waals surface area contributed by atoms with Gasteiger partial charge in [-0.15, -0.1) is 24.0 Å². The highest BCUT2D eigenvalue weighted by Crippen LogP contribution is 2.21. The van der Waals surface area contributed by atoms with Gasteiger partial charge in [-0.1, -0.05) is 31.2 Å². The zero-order valence-corrected chi connectivity index (χ0v) is 21.9. The van der Waals surface area contributed by atoms with Gasteiger partial charge in [0.15, 0.2) is 5.96 Å². The molecule has 178 valence electrons. The van der Waals surface area contributed by atoms with E-state index in [0.717, 1.165) is 36.2 Å². The molecule has 2 aromatic rings. The van der Waals surface area contributed by atoms with Crippen LogP contribution in [0.15, 0.2) is 53.5 Å². The lowest BCUT2D eigenvalue weighted by Crippen LogP contribution is -2.36. The third-order valence-corrected chi connectivity index (χ3v) is 5.67. The molecule has 0 aliphatic carbocycles. The number of aliphatic imine (C=N–C) groups is 1. The first-order valence-corrected chi connectivity index (χ1v) is 11.2. The van der Waals surface area contributed by atoms with Crippen molar-refractivity contribution in [1.82, 2.24) is 16.0 Å². The monoisotopic (exact) mass is 563 g/mol. The summed E-state index contributed by atoms with van der Waals surface area (Å²) in [5, 5.41) is 9.57. The molecule has 0 bridgehead atoms. The van der Waals surface area contributed by atoms with E-state index < -0.39 is 0 Å². The fraction of sp³-hybridized carbons (Fsp3) is 0.400. The number of anilines is 1. The molecule has 33 heavy (non-hydrogen) atoms. The number of halogens is 1. The minimum atomic E-state index is -0.0450. The van der Waals surface area contributed by atoms with Crippen LogP contribution < -0.4 is 20.9 Å². The lowest BCUT2D eigenvalue weighted by molar-refractivity contribution is -0.117. The van der Waals surface area contributed by atoms with Crippen molar-refractivity contribution in [2.45, 2.75) is 52.2 Å². The van der Waals surface area contributed by atoms with Crippen molar-refractivity contribution < 1.29 is 9.59 Å². The van der Waals surface area contributed by atoms with Gasteiger partial charge in [-0.3, -0.25) is 14.6 Å². The second kappa shape index (κ2) is 13.2. The first-order valence-electron chi connectivity index (χ1n) is 11.2. The molecule has 1 unspecified atom stereocenters. The number of carbonyl (C=O) groups excluding carboxylic acids is 2. The number of benzene rings is 2. The standard InChI is InChI=1S/C25H33N5O2.HI/c1-4-18(2)29-24(32)21-11-7-19(8-12-21)16-27-25(26-3)28-17-20-9-13-22(14-10-20)30-15-5-6-23(30)31;/h7-14,18H,4-6,15-17H2,1-3H3,(H,29,32)(H2,26,27,28);1H. The SMILES string of the molecule is CCC(C)NC(=O)c1ccc(CNC(=NC)NCc2ccc(N3CCCC3=O)cc2)cc1.I. The van der Waals surface area contributed by atoms with E-state index in [1.54, 1.807) is 7.05 Å². The first kappa shape index (κ1) is 26.6. The van der Waals surface area contributed by atoms with Crippen LogP contribution in [0.2, 0.25) is 0 Å². The van der Waals surface area contributed by atoms with Gasteiger partial charge in [-0.2, -0.15) is 0 Å². The van der Waals surface area contributed by atoms with Gasteiger partial charge in [-0.05, 0) is 55.2 Å². The Bertz CT molecular complexity index is 944. The summed E-state index contributed by atoms with van der Waals surface area (Å²) in [6.07, 6.45) is 2.47. The number of nitrogens with zero attached hydrogens (tertiary/aromatic N) is 2. The topological polar surface area (TPSA) is 85.8 Å². The van der Waals surface area contributed by atoms with Gasteiger partial charge in [0, 0.05) is 50.4 Å². The third kappa shape index (κ3) is 7.73. The van der Waals surface area contributed by atoms with Crippen LogP contribution in [-0.2, 0) is 17.9 Å². The highest BCUT2D eigenvalue weighted by Gasteiger charge is 2.21. The average Bonchev–Trinajstić information content (AvgIpc) is 3.25. The molecule has 2 aromatic carbocycles. The highest BCUT2D eigenvalue weighted by atomic mass is 127. The number of nitrogens with one attached hydrogen (secondary N) is 3. The lowest BCUT2D eigenvalue weighted by Gasteiger charge is -2.16. The molecule has 0 radical (unpaired) electrons. The van der Waals surface area contributed by atoms with Gasteiger partial charge in [0.05, 0.1) is 0 Å². The van der Waals surface area contributed by atoms with Crippen molar-refractivity contribution in [1.29, 1.82) is 0 Å². The number of hydrogen-bond acceptors (Lipinski definition) is 3. The molecule has 1 aliphatic heterocycles. The smallest absolute Gasteiger partial charge is 0.251 e. The van der Waals surface area contributed by atoms with Crippen molar-refractivity contribution in [3.63, 3.8) is 0 Å². The Morgan fingerprint density at radius 2 is 1.61 bits per heavy atom. The molecule has 1 fully saturated rings. The van der Waals surface area contributed by atoms with Gasteiger partial charge >= 0.3 is 0 Å². The van der Waals surface area contributed by atoms with E-state index in [-0.39, 0.29) is 41.8 Å². The minimum absolute atomic E-state index is 0. The van der Waals surface area contributed by atoms with Gasteiger partial charge in [0.25, 0.3) is 5.91 Å². The predicted octanol–water partition coefficient (Wildman–Crippen LogP) is 3.82. The Kier molecular flexibility index (Phi) is 10.6. The number of guanidine groups is 1. The molecule has 3 N–H and O–H groups in total. The molecular formula is C25H34IN5O2. The molecule has 2 amide bonds. The maximum absolute atomic E-state index is 12.2. The average molecular weight is 563 g/mol. The highest BCUT2D eigenvalue weighted by molar-refractivity contribution is 14.0. The van der Waals surface area contributed by atoms with Crippen LogP contribution in [0, 0.1) is 0 Å². The minimum Gasteiger partial charge on any atom is -0.352 e. The second-order valence-corrected chi connectivity index (χ2v) is 8.07. The first-order chi connectivity index (χ1) is 15.5. The molecule has 1 atom stereocenters. The van der Waals surface area contributed by atoms with Crippen LogP contribution in [0.5, 0.6) is 0 Å². The van der Waals surface area contributed by atoms with Gasteiger partial charge < -0.3 is 20.9 Å². The van der Waals surface area contributed by atoms with Crippen molar-refractivity contribution in [3.8, 4) is 0 Å². The molecule has 1 saturated heterocycles. The Balaban J connectivity index is 0.00000385. The summed E-state index contributed by atoms with van der Waals surface area (Å²) in [6.45, 7) is 6.08. The molecular weight excluding hydrogens is 529 g/mol. The van der Waals surface area contributed by atoms with Crippen LogP contribution in [0.1, 0.15) is 54.6 Å². The Morgan fingerprint density at radius 1 is 1.03 bits per heavy atom. The summed E-state index contributed by atoms with van der Waals surface area (Å²) in [5.74, 6) is 0.850. The van der Waals surface area contributed by atoms with Crippen LogP contribution in [0.3, 0.4) is 0 Å². The van der Waals surface area contributed by atoms with Crippen LogP contribution in [0.4, 0.5) is 5.69 Å². The summed E-state index contributed by atoms with van der Waals surface area (Å²) in [6, 6.07) is 15.8. The maximum Gasteiger partial charge on any atom is 0.251 e. The summed E-state index contributed by atoms with van der Waals surface area (Å²) < 4.78 is 0. The molecule has 0 spiro atoms. The number of hydrogen-bond donors (Lipinski definition) is 3. The summed E-state index contributed by atoms with van der Waals surface area (Å²) in [4.78, 5) is 30.2. The van der Waals surface area contributed by atoms with Crippen molar-refractivity contribution in [2.24, 2.45) is 4.99 Å². The number of amides is 2. The summed E-state index contributed by atoms with van der Waals surface area (Å²) in [7, 11) is 1.74. The largest absolute Gasteiger partial charge is 0.352 e. The third-order valence-electron chi connectivity index (χ3n) is 5.67. The van der Waals surface area contributed by atoms with E-state index in [1.807, 2.05) is 67.3 Å². The van der Waals surface area contributed by atoms with E-state index in [0.29, 0.717) is 31.0 Å². The van der Waals surface area contributed by atoms with Crippen LogP contribution >= 0.6 is 24.0 Å². The van der Waals surface area contributed by atoms with E-state index in [2.05, 4.69) is 20.9 Å². The fourth-order valence-corrected chi connectivity index (χ4v) is 3.49. The van der Waals surface area contributed by atoms with Gasteiger partial charge in [-0.25, -0.2) is 0 Å². The van der Waals surface area contributed by atoms with E-state index in [4.69, 9.17) is 0 Å². The molecule has 1 heterocycles. The normalized spacial score (nSPS) is 14.5. The molecule has 0 saturated carbocycles. The van der Waals surface area contributed by atoms with E-state index in [9.17, 15) is 9.59 Å². The predicted molar refractivity (Wildman–Crippen MR) is 144 cm³/mol. The quantitative estimate of drug-likeness (QED) is 0.259. The van der Waals surface area contributed by atoms with Crippen LogP contribution in [0.25, 0.3) is 0 Å². The second-order valence-electron chi connectivity index (χ2n) is 8.07. The van der Waals surface area contributed by atoms with Crippen molar-refractivity contribution in [2.75, 3.05) is 18.5 Å². The Morgan fingerprint density at radius 3 is 2.09 bits per heavy atom. The molecule has 0 aromatic heterocycles. The number of rotatable bonds is 8. The van der Waals surface area contributed by atoms with E-state index in [1.165, 1.54) is 0 Å². The Hall–Kier alpha value is -2.62. The molecule has 3 rings (SSSR count).